The summed E-state index contributed by atoms with van der Waals surface area (Å²) >= 11 is 5.93. The summed E-state index contributed by atoms with van der Waals surface area (Å²) in [5.74, 6) is -0.451. The van der Waals surface area contributed by atoms with Crippen LogP contribution >= 0.6 is 11.6 Å². The minimum Gasteiger partial charge on any atom is -0.207 e. The number of hydrogen-bond donors (Lipinski definition) is 0. The molecule has 6 heteroatoms. The number of nitrogens with zero attached hydrogens (tertiary/aromatic N) is 1. The van der Waals surface area contributed by atoms with Gasteiger partial charge < -0.3 is 0 Å². The van der Waals surface area contributed by atoms with Crippen LogP contribution in [0.15, 0.2) is 47.4 Å². The summed E-state index contributed by atoms with van der Waals surface area (Å²) in [6.07, 6.45) is 0. The van der Waals surface area contributed by atoms with Crippen molar-refractivity contribution in [3.8, 4) is 0 Å². The fourth-order valence-corrected chi connectivity index (χ4v) is 3.24. The van der Waals surface area contributed by atoms with Crippen molar-refractivity contribution in [1.29, 1.82) is 0 Å². The molecule has 0 spiro atoms. The number of halogens is 2. The molecule has 0 bridgehead atoms. The van der Waals surface area contributed by atoms with E-state index in [0.29, 0.717) is 5.56 Å². The van der Waals surface area contributed by atoms with Crippen molar-refractivity contribution in [2.24, 2.45) is 0 Å². The highest BCUT2D eigenvalue weighted by Gasteiger charge is 2.21. The molecule has 3 nitrogen and oxygen atoms in total. The summed E-state index contributed by atoms with van der Waals surface area (Å²) in [5.41, 5.74) is 1.54. The van der Waals surface area contributed by atoms with Crippen molar-refractivity contribution in [1.82, 2.24) is 4.31 Å². The van der Waals surface area contributed by atoms with Gasteiger partial charge in [0.25, 0.3) is 0 Å². The molecule has 0 aliphatic heterocycles. The third kappa shape index (κ3) is 3.61. The van der Waals surface area contributed by atoms with Crippen LogP contribution in [0.2, 0.25) is 5.02 Å². The van der Waals surface area contributed by atoms with E-state index in [1.165, 1.54) is 29.6 Å². The number of sulfonamides is 1. The Kier molecular flexibility index (Phi) is 4.66. The van der Waals surface area contributed by atoms with E-state index in [1.54, 1.807) is 24.3 Å². The first kappa shape index (κ1) is 15.9. The average molecular weight is 328 g/mol. The molecule has 112 valence electrons. The maximum Gasteiger partial charge on any atom is 0.243 e. The molecule has 21 heavy (non-hydrogen) atoms. The molecule has 0 aliphatic rings. The monoisotopic (exact) mass is 327 g/mol. The number of aryl methyl sites for hydroxylation is 1. The molecule has 0 aliphatic carbocycles. The summed E-state index contributed by atoms with van der Waals surface area (Å²) < 4.78 is 39.1. The van der Waals surface area contributed by atoms with Gasteiger partial charge in [0.2, 0.25) is 10.0 Å². The van der Waals surface area contributed by atoms with Gasteiger partial charge in [-0.2, -0.15) is 4.31 Å². The number of benzene rings is 2. The Bertz CT molecular complexity index is 745. The lowest BCUT2D eigenvalue weighted by Crippen LogP contribution is -2.26. The zero-order valence-corrected chi connectivity index (χ0v) is 13.2. The lowest BCUT2D eigenvalue weighted by atomic mass is 10.2. The fourth-order valence-electron chi connectivity index (χ4n) is 1.86. The van der Waals surface area contributed by atoms with Gasteiger partial charge in [0.1, 0.15) is 5.82 Å². The van der Waals surface area contributed by atoms with Gasteiger partial charge in [-0.1, -0.05) is 35.4 Å². The van der Waals surface area contributed by atoms with Crippen molar-refractivity contribution in [2.75, 3.05) is 7.05 Å². The van der Waals surface area contributed by atoms with Crippen molar-refractivity contribution in [2.45, 2.75) is 18.4 Å². The number of rotatable bonds is 4. The minimum absolute atomic E-state index is 0.0787. The van der Waals surface area contributed by atoms with Crippen molar-refractivity contribution < 1.29 is 12.8 Å². The smallest absolute Gasteiger partial charge is 0.207 e. The Morgan fingerprint density at radius 3 is 2.33 bits per heavy atom. The lowest BCUT2D eigenvalue weighted by molar-refractivity contribution is 0.466. The average Bonchev–Trinajstić information content (AvgIpc) is 2.42. The molecule has 2 aromatic rings. The first-order valence-electron chi connectivity index (χ1n) is 6.27. The van der Waals surface area contributed by atoms with Gasteiger partial charge in [-0.15, -0.1) is 0 Å². The molecule has 0 saturated heterocycles. The van der Waals surface area contributed by atoms with Gasteiger partial charge in [-0.05, 0) is 36.8 Å². The highest BCUT2D eigenvalue weighted by Crippen LogP contribution is 2.22. The second-order valence-corrected chi connectivity index (χ2v) is 7.26. The molecule has 0 fully saturated rings. The minimum atomic E-state index is -3.60. The van der Waals surface area contributed by atoms with E-state index in [9.17, 15) is 12.8 Å². The fraction of sp³-hybridized carbons (Fsp3) is 0.200. The standard InChI is InChI=1S/C15H15ClFNO2S/c1-11-3-7-14(8-4-11)21(19,20)18(2)10-12-5-6-13(17)9-15(12)16/h3-9H,10H2,1-2H3. The van der Waals surface area contributed by atoms with Crippen molar-refractivity contribution >= 4 is 21.6 Å². The van der Waals surface area contributed by atoms with E-state index in [0.717, 1.165) is 5.56 Å². The van der Waals surface area contributed by atoms with E-state index >= 15 is 0 Å². The molecule has 0 aromatic heterocycles. The first-order valence-corrected chi connectivity index (χ1v) is 8.09. The third-order valence-electron chi connectivity index (χ3n) is 3.14. The van der Waals surface area contributed by atoms with Crippen LogP contribution in [0.3, 0.4) is 0 Å². The van der Waals surface area contributed by atoms with Crippen LogP contribution in [-0.4, -0.2) is 19.8 Å². The van der Waals surface area contributed by atoms with Gasteiger partial charge >= 0.3 is 0 Å². The molecule has 0 unspecified atom stereocenters. The van der Waals surface area contributed by atoms with Gasteiger partial charge in [-0.3, -0.25) is 0 Å². The second-order valence-electron chi connectivity index (χ2n) is 4.81. The molecule has 0 heterocycles. The molecular weight excluding hydrogens is 313 g/mol. The molecule has 0 saturated carbocycles. The van der Waals surface area contributed by atoms with Crippen LogP contribution in [0.25, 0.3) is 0 Å². The highest BCUT2D eigenvalue weighted by atomic mass is 35.5. The molecular formula is C15H15ClFNO2S. The van der Waals surface area contributed by atoms with Gasteiger partial charge in [0.05, 0.1) is 4.90 Å². The van der Waals surface area contributed by atoms with E-state index in [1.807, 2.05) is 6.92 Å². The second kappa shape index (κ2) is 6.13. The number of hydrogen-bond acceptors (Lipinski definition) is 2. The molecule has 0 radical (unpaired) electrons. The first-order chi connectivity index (χ1) is 9.80. The van der Waals surface area contributed by atoms with Gasteiger partial charge in [0.15, 0.2) is 0 Å². The topological polar surface area (TPSA) is 37.4 Å². The molecule has 2 aromatic carbocycles. The van der Waals surface area contributed by atoms with Gasteiger partial charge in [0, 0.05) is 18.6 Å². The summed E-state index contributed by atoms with van der Waals surface area (Å²) in [6, 6.07) is 10.5. The maximum atomic E-state index is 13.0. The van der Waals surface area contributed by atoms with E-state index in [-0.39, 0.29) is 16.5 Å². The van der Waals surface area contributed by atoms with Crippen molar-refractivity contribution in [3.05, 3.63) is 64.4 Å². The lowest BCUT2D eigenvalue weighted by Gasteiger charge is -2.18. The molecule has 0 amide bonds. The normalized spacial score (nSPS) is 11.9. The largest absolute Gasteiger partial charge is 0.243 e. The van der Waals surface area contributed by atoms with Crippen molar-refractivity contribution in [3.63, 3.8) is 0 Å². The molecule has 0 N–H and O–H groups in total. The summed E-state index contributed by atoms with van der Waals surface area (Å²) in [5, 5.41) is 0.209. The van der Waals surface area contributed by atoms with Crippen LogP contribution < -0.4 is 0 Å². The van der Waals surface area contributed by atoms with E-state index in [2.05, 4.69) is 0 Å². The predicted molar refractivity (Wildman–Crippen MR) is 81.2 cm³/mol. The van der Waals surface area contributed by atoms with E-state index in [4.69, 9.17) is 11.6 Å². The van der Waals surface area contributed by atoms with Crippen LogP contribution in [-0.2, 0) is 16.6 Å². The van der Waals surface area contributed by atoms with Gasteiger partial charge in [-0.25, -0.2) is 12.8 Å². The summed E-state index contributed by atoms with van der Waals surface area (Å²) in [4.78, 5) is 0.217. The Morgan fingerprint density at radius 2 is 1.76 bits per heavy atom. The molecule has 0 atom stereocenters. The predicted octanol–water partition coefficient (Wildman–Crippen LogP) is 3.61. The highest BCUT2D eigenvalue weighted by molar-refractivity contribution is 7.89. The quantitative estimate of drug-likeness (QED) is 0.860. The van der Waals surface area contributed by atoms with Crippen LogP contribution in [0.4, 0.5) is 4.39 Å². The van der Waals surface area contributed by atoms with Crippen LogP contribution in [0.1, 0.15) is 11.1 Å². The SMILES string of the molecule is Cc1ccc(S(=O)(=O)N(C)Cc2ccc(F)cc2Cl)cc1. The Hall–Kier alpha value is -1.43. The Balaban J connectivity index is 2.26. The summed E-state index contributed by atoms with van der Waals surface area (Å²) in [6.45, 7) is 1.97. The maximum absolute atomic E-state index is 13.0. The third-order valence-corrected chi connectivity index (χ3v) is 5.31. The zero-order chi connectivity index (χ0) is 15.6. The van der Waals surface area contributed by atoms with E-state index < -0.39 is 15.8 Å². The summed E-state index contributed by atoms with van der Waals surface area (Å²) in [7, 11) is -2.13. The zero-order valence-electron chi connectivity index (χ0n) is 11.7. The van der Waals surface area contributed by atoms with Crippen LogP contribution in [0.5, 0.6) is 0 Å². The molecule has 2 rings (SSSR count). The Labute approximate surface area is 129 Å². The Morgan fingerprint density at radius 1 is 1.14 bits per heavy atom. The van der Waals surface area contributed by atoms with Crippen LogP contribution in [0, 0.1) is 12.7 Å².